The normalized spacial score (nSPS) is 9.85. The van der Waals surface area contributed by atoms with Gasteiger partial charge in [-0.3, -0.25) is 0 Å². The molecule has 0 saturated heterocycles. The van der Waals surface area contributed by atoms with E-state index >= 15 is 0 Å². The first kappa shape index (κ1) is 14.2. The number of ether oxygens (including phenoxy) is 1. The Hall–Kier alpha value is -2.19. The van der Waals surface area contributed by atoms with E-state index in [0.717, 1.165) is 27.2 Å². The maximum Gasteiger partial charge on any atom is 0.135 e. The van der Waals surface area contributed by atoms with Crippen molar-refractivity contribution in [3.63, 3.8) is 0 Å². The summed E-state index contributed by atoms with van der Waals surface area (Å²) in [4.78, 5) is 0. The summed E-state index contributed by atoms with van der Waals surface area (Å²) < 4.78 is 6.15. The van der Waals surface area contributed by atoms with Gasteiger partial charge in [0.25, 0.3) is 0 Å². The average molecular weight is 332 g/mol. The SMILES string of the molecule is COc1cc(Nc2ccc(N)c(CC#N)c2)ccc1Br. The molecule has 0 aliphatic heterocycles. The van der Waals surface area contributed by atoms with Gasteiger partial charge < -0.3 is 15.8 Å². The Labute approximate surface area is 126 Å². The number of methoxy groups -OCH3 is 1. The lowest BCUT2D eigenvalue weighted by atomic mass is 10.1. The molecule has 0 heterocycles. The summed E-state index contributed by atoms with van der Waals surface area (Å²) in [5, 5.41) is 12.0. The van der Waals surface area contributed by atoms with Crippen molar-refractivity contribution in [3.8, 4) is 11.8 Å². The Morgan fingerprint density at radius 3 is 2.65 bits per heavy atom. The Morgan fingerprint density at radius 2 is 1.95 bits per heavy atom. The number of hydrogen-bond acceptors (Lipinski definition) is 4. The molecule has 0 saturated carbocycles. The Kier molecular flexibility index (Phi) is 4.49. The molecule has 0 aliphatic carbocycles. The zero-order valence-electron chi connectivity index (χ0n) is 11.0. The van der Waals surface area contributed by atoms with E-state index in [1.54, 1.807) is 13.2 Å². The molecule has 2 aromatic carbocycles. The van der Waals surface area contributed by atoms with Crippen molar-refractivity contribution in [3.05, 3.63) is 46.4 Å². The summed E-state index contributed by atoms with van der Waals surface area (Å²) in [5.74, 6) is 0.752. The second-order valence-electron chi connectivity index (χ2n) is 4.22. The van der Waals surface area contributed by atoms with Crippen LogP contribution in [0.1, 0.15) is 5.56 Å². The first-order chi connectivity index (χ1) is 9.63. The summed E-state index contributed by atoms with van der Waals surface area (Å²) >= 11 is 3.41. The van der Waals surface area contributed by atoms with Gasteiger partial charge in [0.05, 0.1) is 24.1 Å². The molecule has 0 radical (unpaired) electrons. The van der Waals surface area contributed by atoms with E-state index in [9.17, 15) is 0 Å². The van der Waals surface area contributed by atoms with Crippen molar-refractivity contribution in [2.75, 3.05) is 18.2 Å². The first-order valence-corrected chi connectivity index (χ1v) is 6.79. The van der Waals surface area contributed by atoms with E-state index in [4.69, 9.17) is 15.7 Å². The van der Waals surface area contributed by atoms with Crippen LogP contribution in [0.3, 0.4) is 0 Å². The number of nitrogens with zero attached hydrogens (tertiary/aromatic N) is 1. The molecule has 4 nitrogen and oxygen atoms in total. The fourth-order valence-corrected chi connectivity index (χ4v) is 2.23. The molecule has 2 aromatic rings. The van der Waals surface area contributed by atoms with Crippen molar-refractivity contribution in [1.82, 2.24) is 0 Å². The third-order valence-electron chi connectivity index (χ3n) is 2.85. The standard InChI is InChI=1S/C15H14BrN3O/c1-20-15-9-12(2-4-13(15)16)19-11-3-5-14(18)10(8-11)6-7-17/h2-5,8-9,19H,6,18H2,1H3. The lowest BCUT2D eigenvalue weighted by Crippen LogP contribution is -1.97. The zero-order valence-corrected chi connectivity index (χ0v) is 12.6. The highest BCUT2D eigenvalue weighted by Crippen LogP contribution is 2.30. The first-order valence-electron chi connectivity index (χ1n) is 6.00. The number of halogens is 1. The minimum absolute atomic E-state index is 0.297. The van der Waals surface area contributed by atoms with Gasteiger partial charge in [-0.05, 0) is 51.8 Å². The van der Waals surface area contributed by atoms with Crippen molar-refractivity contribution in [1.29, 1.82) is 5.26 Å². The molecule has 102 valence electrons. The van der Waals surface area contributed by atoms with Gasteiger partial charge in [0, 0.05) is 23.1 Å². The third kappa shape index (κ3) is 3.22. The summed E-state index contributed by atoms with van der Waals surface area (Å²) in [6.07, 6.45) is 0.297. The molecule has 2 rings (SSSR count). The Bertz CT molecular complexity index is 665. The fourth-order valence-electron chi connectivity index (χ4n) is 1.83. The number of anilines is 3. The molecule has 3 N–H and O–H groups in total. The van der Waals surface area contributed by atoms with Crippen molar-refractivity contribution in [2.45, 2.75) is 6.42 Å². The molecule has 20 heavy (non-hydrogen) atoms. The van der Waals surface area contributed by atoms with Crippen molar-refractivity contribution < 1.29 is 4.74 Å². The molecular weight excluding hydrogens is 318 g/mol. The quantitative estimate of drug-likeness (QED) is 0.834. The number of hydrogen-bond donors (Lipinski definition) is 2. The lowest BCUT2D eigenvalue weighted by Gasteiger charge is -2.11. The molecule has 0 spiro atoms. The smallest absolute Gasteiger partial charge is 0.135 e. The van der Waals surface area contributed by atoms with E-state index in [1.165, 1.54) is 0 Å². The van der Waals surface area contributed by atoms with Gasteiger partial charge in [0.15, 0.2) is 0 Å². The highest BCUT2D eigenvalue weighted by atomic mass is 79.9. The molecule has 0 atom stereocenters. The van der Waals surface area contributed by atoms with Crippen LogP contribution in [0.2, 0.25) is 0 Å². The zero-order chi connectivity index (χ0) is 14.5. The predicted molar refractivity (Wildman–Crippen MR) is 84.1 cm³/mol. The highest BCUT2D eigenvalue weighted by molar-refractivity contribution is 9.10. The van der Waals surface area contributed by atoms with Gasteiger partial charge in [-0.25, -0.2) is 0 Å². The minimum atomic E-state index is 0.297. The molecule has 0 aliphatic rings. The number of benzene rings is 2. The van der Waals surface area contributed by atoms with E-state index in [2.05, 4.69) is 27.3 Å². The average Bonchev–Trinajstić information content (AvgIpc) is 2.45. The van der Waals surface area contributed by atoms with Crippen molar-refractivity contribution in [2.24, 2.45) is 0 Å². The van der Waals surface area contributed by atoms with Crippen LogP contribution in [0.4, 0.5) is 17.1 Å². The van der Waals surface area contributed by atoms with E-state index < -0.39 is 0 Å². The molecule has 5 heteroatoms. The highest BCUT2D eigenvalue weighted by Gasteiger charge is 2.04. The summed E-state index contributed by atoms with van der Waals surface area (Å²) in [6, 6.07) is 13.4. The number of nitrogens with two attached hydrogens (primary N) is 1. The number of nitrogen functional groups attached to an aromatic ring is 1. The monoisotopic (exact) mass is 331 g/mol. The number of rotatable bonds is 4. The molecule has 0 amide bonds. The number of nitriles is 1. The van der Waals surface area contributed by atoms with Crippen LogP contribution in [0, 0.1) is 11.3 Å². The fraction of sp³-hybridized carbons (Fsp3) is 0.133. The second-order valence-corrected chi connectivity index (χ2v) is 5.08. The third-order valence-corrected chi connectivity index (χ3v) is 3.51. The second kappa shape index (κ2) is 6.31. The Balaban J connectivity index is 2.26. The van der Waals surface area contributed by atoms with Gasteiger partial charge in [0.1, 0.15) is 5.75 Å². The van der Waals surface area contributed by atoms with E-state index in [0.29, 0.717) is 12.1 Å². The summed E-state index contributed by atoms with van der Waals surface area (Å²) in [6.45, 7) is 0. The van der Waals surface area contributed by atoms with Crippen LogP contribution in [-0.4, -0.2) is 7.11 Å². The topological polar surface area (TPSA) is 71.1 Å². The maximum absolute atomic E-state index is 8.78. The van der Waals surface area contributed by atoms with Crippen molar-refractivity contribution >= 4 is 33.0 Å². The molecule has 0 unspecified atom stereocenters. The maximum atomic E-state index is 8.78. The molecule has 0 aromatic heterocycles. The van der Waals surface area contributed by atoms with Crippen LogP contribution in [0.25, 0.3) is 0 Å². The summed E-state index contributed by atoms with van der Waals surface area (Å²) in [5.41, 5.74) is 9.06. The van der Waals surface area contributed by atoms with Gasteiger partial charge in [-0.15, -0.1) is 0 Å². The van der Waals surface area contributed by atoms with E-state index in [-0.39, 0.29) is 0 Å². The minimum Gasteiger partial charge on any atom is -0.495 e. The largest absolute Gasteiger partial charge is 0.495 e. The van der Waals surface area contributed by atoms with Crippen LogP contribution in [0.5, 0.6) is 5.75 Å². The lowest BCUT2D eigenvalue weighted by molar-refractivity contribution is 0.412. The molecule has 0 bridgehead atoms. The number of nitrogens with one attached hydrogen (secondary N) is 1. The van der Waals surface area contributed by atoms with Gasteiger partial charge in [-0.1, -0.05) is 0 Å². The molecular formula is C15H14BrN3O. The van der Waals surface area contributed by atoms with Crippen LogP contribution >= 0.6 is 15.9 Å². The van der Waals surface area contributed by atoms with Crippen LogP contribution in [-0.2, 0) is 6.42 Å². The van der Waals surface area contributed by atoms with Crippen LogP contribution in [0.15, 0.2) is 40.9 Å². The van der Waals surface area contributed by atoms with Crippen LogP contribution < -0.4 is 15.8 Å². The molecule has 0 fully saturated rings. The van der Waals surface area contributed by atoms with Gasteiger partial charge in [-0.2, -0.15) is 5.26 Å². The predicted octanol–water partition coefficient (Wildman–Crippen LogP) is 3.85. The van der Waals surface area contributed by atoms with Gasteiger partial charge >= 0.3 is 0 Å². The summed E-state index contributed by atoms with van der Waals surface area (Å²) in [7, 11) is 1.62. The van der Waals surface area contributed by atoms with E-state index in [1.807, 2.05) is 30.3 Å². The Morgan fingerprint density at radius 1 is 1.25 bits per heavy atom. The van der Waals surface area contributed by atoms with Gasteiger partial charge in [0.2, 0.25) is 0 Å².